The summed E-state index contributed by atoms with van der Waals surface area (Å²) in [4.78, 5) is 16.5. The number of para-hydroxylation sites is 1. The van der Waals surface area contributed by atoms with E-state index < -0.39 is 0 Å². The number of anilines is 1. The van der Waals surface area contributed by atoms with Crippen LogP contribution in [0.25, 0.3) is 0 Å². The third-order valence-electron chi connectivity index (χ3n) is 3.62. The molecule has 0 N–H and O–H groups in total. The fourth-order valence-electron chi connectivity index (χ4n) is 2.43. The number of methoxy groups -OCH3 is 1. The Kier molecular flexibility index (Phi) is 4.10. The highest BCUT2D eigenvalue weighted by molar-refractivity contribution is 5.98. The molecular weight excluding hydrogens is 276 g/mol. The summed E-state index contributed by atoms with van der Waals surface area (Å²) >= 11 is 0. The molecule has 1 aliphatic heterocycles. The molecule has 1 heterocycles. The molecule has 0 saturated carbocycles. The minimum atomic E-state index is 0.0819. The van der Waals surface area contributed by atoms with Crippen molar-refractivity contribution in [2.75, 3.05) is 25.2 Å². The molecule has 3 rings (SSSR count). The van der Waals surface area contributed by atoms with Gasteiger partial charge in [0.2, 0.25) is 0 Å². The minimum Gasteiger partial charge on any atom is -0.497 e. The van der Waals surface area contributed by atoms with Crippen molar-refractivity contribution in [2.24, 2.45) is 0 Å². The van der Waals surface area contributed by atoms with E-state index in [-0.39, 0.29) is 5.78 Å². The molecule has 0 unspecified atom stereocenters. The second-order valence-electron chi connectivity index (χ2n) is 5.15. The van der Waals surface area contributed by atoms with Crippen LogP contribution >= 0.6 is 0 Å². The maximum atomic E-state index is 12.4. The summed E-state index contributed by atoms with van der Waals surface area (Å²) in [5.41, 5.74) is 1.79. The van der Waals surface area contributed by atoms with Crippen LogP contribution in [0.2, 0.25) is 0 Å². The van der Waals surface area contributed by atoms with Crippen LogP contribution in [0.3, 0.4) is 0 Å². The van der Waals surface area contributed by atoms with Crippen LogP contribution in [0, 0.1) is 0 Å². The number of hydrogen-bond acceptors (Lipinski definition) is 4. The molecule has 0 bridgehead atoms. The van der Waals surface area contributed by atoms with Crippen LogP contribution in [0.1, 0.15) is 10.4 Å². The molecule has 2 aromatic rings. The fraction of sp³-hybridized carbons (Fsp3) is 0.167. The second kappa shape index (κ2) is 6.35. The third kappa shape index (κ3) is 3.11. The quantitative estimate of drug-likeness (QED) is 0.793. The van der Waals surface area contributed by atoms with E-state index in [1.807, 2.05) is 53.7 Å². The number of ether oxygens (including phenoxy) is 1. The van der Waals surface area contributed by atoms with Crippen molar-refractivity contribution in [3.05, 3.63) is 72.6 Å². The Morgan fingerprint density at radius 3 is 2.68 bits per heavy atom. The molecule has 0 radical (unpaired) electrons. The predicted octanol–water partition coefficient (Wildman–Crippen LogP) is 3.13. The third-order valence-corrected chi connectivity index (χ3v) is 3.62. The summed E-state index contributed by atoms with van der Waals surface area (Å²) in [5, 5.41) is 0. The lowest BCUT2D eigenvalue weighted by atomic mass is 10.1. The first-order valence-corrected chi connectivity index (χ1v) is 7.17. The van der Waals surface area contributed by atoms with Gasteiger partial charge in [-0.2, -0.15) is 0 Å². The van der Waals surface area contributed by atoms with Gasteiger partial charge < -0.3 is 14.5 Å². The van der Waals surface area contributed by atoms with Gasteiger partial charge in [0, 0.05) is 23.7 Å². The topological polar surface area (TPSA) is 32.8 Å². The van der Waals surface area contributed by atoms with Gasteiger partial charge in [-0.1, -0.05) is 30.3 Å². The highest BCUT2D eigenvalue weighted by Gasteiger charge is 2.17. The molecule has 0 spiro atoms. The van der Waals surface area contributed by atoms with Crippen LogP contribution < -0.4 is 9.64 Å². The first-order valence-electron chi connectivity index (χ1n) is 7.17. The lowest BCUT2D eigenvalue weighted by Crippen LogP contribution is -2.29. The summed E-state index contributed by atoms with van der Waals surface area (Å²) in [5.74, 6) is 0.784. The lowest BCUT2D eigenvalue weighted by molar-refractivity contribution is 0.0959. The van der Waals surface area contributed by atoms with Crippen LogP contribution in [-0.2, 0) is 0 Å². The summed E-state index contributed by atoms with van der Waals surface area (Å²) in [6.07, 6.45) is 3.94. The Hall–Kier alpha value is -2.75. The lowest BCUT2D eigenvalue weighted by Gasteiger charge is -2.20. The van der Waals surface area contributed by atoms with E-state index in [0.717, 1.165) is 5.69 Å². The molecule has 0 aliphatic carbocycles. The van der Waals surface area contributed by atoms with E-state index in [9.17, 15) is 4.79 Å². The van der Waals surface area contributed by atoms with E-state index in [4.69, 9.17) is 4.74 Å². The molecule has 1 aliphatic rings. The zero-order valence-electron chi connectivity index (χ0n) is 12.5. The van der Waals surface area contributed by atoms with E-state index in [1.165, 1.54) is 0 Å². The van der Waals surface area contributed by atoms with Gasteiger partial charge in [0.15, 0.2) is 5.78 Å². The van der Waals surface area contributed by atoms with Gasteiger partial charge in [-0.15, -0.1) is 0 Å². The second-order valence-corrected chi connectivity index (χ2v) is 5.15. The van der Waals surface area contributed by atoms with Crippen LogP contribution in [0.15, 0.2) is 67.0 Å². The summed E-state index contributed by atoms with van der Waals surface area (Å²) in [6, 6.07) is 17.4. The number of Topliss-reactive ketones (excluding diaryl/α,β-unsaturated/α-hetero) is 1. The number of benzene rings is 2. The molecule has 4 nitrogen and oxygen atoms in total. The molecule has 22 heavy (non-hydrogen) atoms. The van der Waals surface area contributed by atoms with E-state index in [0.29, 0.717) is 24.5 Å². The summed E-state index contributed by atoms with van der Waals surface area (Å²) < 4.78 is 5.16. The minimum absolute atomic E-state index is 0.0819. The van der Waals surface area contributed by atoms with Crippen molar-refractivity contribution >= 4 is 11.5 Å². The van der Waals surface area contributed by atoms with Gasteiger partial charge in [0.1, 0.15) is 5.75 Å². The average molecular weight is 294 g/mol. The average Bonchev–Trinajstić information content (AvgIpc) is 3.04. The molecule has 112 valence electrons. The molecule has 0 amide bonds. The Labute approximate surface area is 130 Å². The van der Waals surface area contributed by atoms with E-state index >= 15 is 0 Å². The highest BCUT2D eigenvalue weighted by Crippen LogP contribution is 2.19. The maximum Gasteiger partial charge on any atom is 0.182 e. The van der Waals surface area contributed by atoms with Crippen molar-refractivity contribution in [3.63, 3.8) is 0 Å². The number of ketones is 1. The Morgan fingerprint density at radius 2 is 1.91 bits per heavy atom. The number of carbonyl (C=O) groups excluding carboxylic acids is 1. The highest BCUT2D eigenvalue weighted by atomic mass is 16.5. The van der Waals surface area contributed by atoms with Crippen LogP contribution in [-0.4, -0.2) is 31.0 Å². The number of nitrogens with zero attached hydrogens (tertiary/aromatic N) is 2. The number of hydrogen-bond donors (Lipinski definition) is 0. The smallest absolute Gasteiger partial charge is 0.182 e. The molecule has 0 aromatic heterocycles. The van der Waals surface area contributed by atoms with E-state index in [1.54, 1.807) is 13.2 Å². The van der Waals surface area contributed by atoms with Crippen LogP contribution in [0.5, 0.6) is 5.75 Å². The zero-order chi connectivity index (χ0) is 15.4. The van der Waals surface area contributed by atoms with Crippen molar-refractivity contribution < 1.29 is 9.53 Å². The van der Waals surface area contributed by atoms with Crippen molar-refractivity contribution in [1.82, 2.24) is 4.90 Å². The SMILES string of the molecule is COc1cccc(C(=O)CN2C=CN(c3ccccc3)C2)c1. The molecule has 4 heteroatoms. The maximum absolute atomic E-state index is 12.4. The largest absolute Gasteiger partial charge is 0.497 e. The van der Waals surface area contributed by atoms with Gasteiger partial charge in [0.25, 0.3) is 0 Å². The molecule has 0 fully saturated rings. The van der Waals surface area contributed by atoms with Crippen molar-refractivity contribution in [3.8, 4) is 5.75 Å². The van der Waals surface area contributed by atoms with Crippen molar-refractivity contribution in [2.45, 2.75) is 0 Å². The van der Waals surface area contributed by atoms with Gasteiger partial charge in [0.05, 0.1) is 20.3 Å². The monoisotopic (exact) mass is 294 g/mol. The fourth-order valence-corrected chi connectivity index (χ4v) is 2.43. The standard InChI is InChI=1S/C18H18N2O2/c1-22-17-9-5-6-15(12-17)18(21)13-19-10-11-20(14-19)16-7-3-2-4-8-16/h2-12H,13-14H2,1H3. The summed E-state index contributed by atoms with van der Waals surface area (Å²) in [6.45, 7) is 1.03. The zero-order valence-corrected chi connectivity index (χ0v) is 12.5. The predicted molar refractivity (Wildman–Crippen MR) is 87.0 cm³/mol. The molecular formula is C18H18N2O2. The Morgan fingerprint density at radius 1 is 1.09 bits per heavy atom. The van der Waals surface area contributed by atoms with Gasteiger partial charge in [-0.05, 0) is 24.3 Å². The Bertz CT molecular complexity index is 682. The number of carbonyl (C=O) groups is 1. The number of rotatable bonds is 5. The van der Waals surface area contributed by atoms with Crippen LogP contribution in [0.4, 0.5) is 5.69 Å². The van der Waals surface area contributed by atoms with E-state index in [2.05, 4.69) is 17.0 Å². The molecule has 0 atom stereocenters. The van der Waals surface area contributed by atoms with Gasteiger partial charge >= 0.3 is 0 Å². The van der Waals surface area contributed by atoms with Gasteiger partial charge in [-0.25, -0.2) is 0 Å². The molecule has 0 saturated heterocycles. The molecule has 2 aromatic carbocycles. The van der Waals surface area contributed by atoms with Gasteiger partial charge in [-0.3, -0.25) is 4.79 Å². The first kappa shape index (κ1) is 14.2. The summed E-state index contributed by atoms with van der Waals surface area (Å²) in [7, 11) is 1.60. The first-order chi connectivity index (χ1) is 10.8. The normalized spacial score (nSPS) is 13.5. The van der Waals surface area contributed by atoms with Crippen molar-refractivity contribution in [1.29, 1.82) is 0 Å². The Balaban J connectivity index is 1.63.